The lowest BCUT2D eigenvalue weighted by Gasteiger charge is -2.32. The van der Waals surface area contributed by atoms with Crippen molar-refractivity contribution in [2.45, 2.75) is 110 Å². The molecule has 1 unspecified atom stereocenters. The van der Waals surface area contributed by atoms with E-state index in [1.54, 1.807) is 22.2 Å². The first-order valence-corrected chi connectivity index (χ1v) is 24.0. The minimum atomic E-state index is -0.745. The van der Waals surface area contributed by atoms with Crippen molar-refractivity contribution >= 4 is 35.2 Å². The number of methoxy groups -OCH3 is 1. The summed E-state index contributed by atoms with van der Waals surface area (Å²) in [6.45, 7) is 10.7. The predicted molar refractivity (Wildman–Crippen MR) is 255 cm³/mol. The molecule has 0 radical (unpaired) electrons. The number of aromatic amines is 2. The summed E-state index contributed by atoms with van der Waals surface area (Å²) in [6.07, 6.45) is 7.55. The number of alkyl carbamates (subject to hydrolysis) is 1. The molecular weight excluding hydrogens is 882 g/mol. The van der Waals surface area contributed by atoms with Gasteiger partial charge in [0.1, 0.15) is 41.0 Å². The molecule has 0 bridgehead atoms. The average molecular weight is 940 g/mol. The summed E-state index contributed by atoms with van der Waals surface area (Å²) in [5, 5.41) is 6.26. The Hall–Kier alpha value is -7.17. The quantitative estimate of drug-likeness (QED) is 0.0875. The number of nitrogens with zero attached hydrogens (tertiary/aromatic N) is 5. The number of H-pyrrole nitrogens is 2. The highest BCUT2D eigenvalue weighted by atomic mass is 19.1. The standard InChI is InChI=1S/C52H58FN9O7/c1-27(2)45(56-26-63)49(64)60-17-7-9-39(60)48-55-25-37(58-48)33-21-35(53)44-41-22-34-19-30(36-24-54-47(57-36)40-10-8-18-61(40)50(65)46(28(3)4)59-52(66)67-6)13-15-38(34)62(41)51(69-43(44)23-33)32-14-16-42-31(20-32)12-11-29(5)68-42/h13-16,19-29,39-40,45-46,51H,7-12,17-18H2,1-6H3,(H,54,57)(H,55,58)(H,56,63)(H,59,66)/t29?,39-,40-,45-,46-,51-/m0/s1. The van der Waals surface area contributed by atoms with E-state index in [-0.39, 0.29) is 41.8 Å². The van der Waals surface area contributed by atoms with Gasteiger partial charge in [-0.25, -0.2) is 19.2 Å². The van der Waals surface area contributed by atoms with Crippen LogP contribution in [0, 0.1) is 17.7 Å². The van der Waals surface area contributed by atoms with E-state index in [4.69, 9.17) is 24.2 Å². The van der Waals surface area contributed by atoms with Crippen molar-refractivity contribution in [3.8, 4) is 45.3 Å². The summed E-state index contributed by atoms with van der Waals surface area (Å²) in [4.78, 5) is 70.9. The van der Waals surface area contributed by atoms with Gasteiger partial charge in [0.25, 0.3) is 0 Å². The van der Waals surface area contributed by atoms with Gasteiger partial charge in [-0.15, -0.1) is 0 Å². The van der Waals surface area contributed by atoms with Crippen LogP contribution in [-0.2, 0) is 25.5 Å². The Balaban J connectivity index is 0.993. The molecule has 2 saturated heterocycles. The lowest BCUT2D eigenvalue weighted by Crippen LogP contribution is -2.51. The summed E-state index contributed by atoms with van der Waals surface area (Å²) < 4.78 is 37.0. The number of likely N-dealkylation sites (tertiary alicyclic amines) is 2. The number of rotatable bonds is 12. The fraction of sp³-hybridized carbons (Fsp3) is 0.423. The Bertz CT molecular complexity index is 2960. The largest absolute Gasteiger partial charge is 0.490 e. The molecular formula is C52H58FN9O7. The number of carbonyl (C=O) groups excluding carboxylic acids is 4. The molecule has 0 aliphatic carbocycles. The highest BCUT2D eigenvalue weighted by Crippen LogP contribution is 2.48. The van der Waals surface area contributed by atoms with Crippen LogP contribution in [-0.4, -0.2) is 97.0 Å². The zero-order valence-electron chi connectivity index (χ0n) is 39.7. The SMILES string of the molecule is COC(=O)N[C@H](C(=O)N1CCC[C@H]1c1ncc(-c2ccc3c(c2)cc2n3[C@H](c3ccc4c(c3)CCC(C)O4)Oc3cc(-c4cnc([C@@H]5CCCN5C(=O)[C@@H](NC=O)C(C)C)[nH]4)cc(F)c3-2)[nH]1)C(C)C. The van der Waals surface area contributed by atoms with Crippen LogP contribution in [0.5, 0.6) is 11.5 Å². The van der Waals surface area contributed by atoms with Crippen LogP contribution in [0.15, 0.2) is 67.0 Å². The number of ether oxygens (including phenoxy) is 3. The van der Waals surface area contributed by atoms with Crippen molar-refractivity contribution in [3.63, 3.8) is 0 Å². The summed E-state index contributed by atoms with van der Waals surface area (Å²) >= 11 is 0. The van der Waals surface area contributed by atoms with Crippen LogP contribution < -0.4 is 20.1 Å². The van der Waals surface area contributed by atoms with E-state index in [0.29, 0.717) is 65.8 Å². The van der Waals surface area contributed by atoms with Crippen molar-refractivity contribution in [1.29, 1.82) is 0 Å². The summed E-state index contributed by atoms with van der Waals surface area (Å²) in [6, 6.07) is 15.5. The second kappa shape index (κ2) is 18.4. The number of nitrogens with one attached hydrogen (secondary N) is 4. The van der Waals surface area contributed by atoms with Gasteiger partial charge < -0.3 is 49.2 Å². The molecule has 4 aliphatic heterocycles. The number of aromatic nitrogens is 5. The maximum absolute atomic E-state index is 17.0. The van der Waals surface area contributed by atoms with E-state index in [0.717, 1.165) is 71.1 Å². The monoisotopic (exact) mass is 939 g/mol. The van der Waals surface area contributed by atoms with Crippen molar-refractivity contribution in [2.24, 2.45) is 11.8 Å². The molecule has 4 N–H and O–H groups in total. The van der Waals surface area contributed by atoms with E-state index in [1.165, 1.54) is 13.2 Å². The van der Waals surface area contributed by atoms with E-state index in [9.17, 15) is 19.2 Å². The molecule has 3 aromatic carbocycles. The van der Waals surface area contributed by atoms with Crippen molar-refractivity contribution in [1.82, 2.24) is 44.9 Å². The molecule has 3 aromatic heterocycles. The highest BCUT2D eigenvalue weighted by molar-refractivity contribution is 5.93. The van der Waals surface area contributed by atoms with Gasteiger partial charge in [-0.1, -0.05) is 33.8 Å². The molecule has 360 valence electrons. The van der Waals surface area contributed by atoms with Crippen LogP contribution in [0.1, 0.15) is 108 Å². The Kier molecular flexibility index (Phi) is 12.2. The Morgan fingerprint density at radius 2 is 1.48 bits per heavy atom. The van der Waals surface area contributed by atoms with Gasteiger partial charge >= 0.3 is 6.09 Å². The van der Waals surface area contributed by atoms with Crippen LogP contribution >= 0.6 is 0 Å². The van der Waals surface area contributed by atoms with Gasteiger partial charge in [-0.2, -0.15) is 0 Å². The van der Waals surface area contributed by atoms with E-state index < -0.39 is 30.2 Å². The molecule has 10 rings (SSSR count). The number of carbonyl (C=O) groups is 4. The van der Waals surface area contributed by atoms with Gasteiger partial charge in [0.15, 0.2) is 0 Å². The molecule has 69 heavy (non-hydrogen) atoms. The number of amides is 4. The molecule has 4 amide bonds. The smallest absolute Gasteiger partial charge is 0.407 e. The van der Waals surface area contributed by atoms with Crippen molar-refractivity contribution < 1.29 is 37.8 Å². The van der Waals surface area contributed by atoms with Gasteiger partial charge in [0, 0.05) is 35.2 Å². The summed E-state index contributed by atoms with van der Waals surface area (Å²) in [7, 11) is 1.28. The number of imidazole rings is 2. The zero-order valence-corrected chi connectivity index (χ0v) is 39.7. The third-order valence-electron chi connectivity index (χ3n) is 14.2. The third kappa shape index (κ3) is 8.35. The Labute approximate surface area is 399 Å². The number of hydrogen-bond acceptors (Lipinski definition) is 9. The van der Waals surface area contributed by atoms with Gasteiger partial charge in [0.2, 0.25) is 24.5 Å². The molecule has 16 nitrogen and oxygen atoms in total. The number of halogens is 1. The number of benzene rings is 3. The molecule has 0 spiro atoms. The summed E-state index contributed by atoms with van der Waals surface area (Å²) in [5.41, 5.74) is 6.54. The molecule has 0 saturated carbocycles. The van der Waals surface area contributed by atoms with Crippen LogP contribution in [0.4, 0.5) is 9.18 Å². The fourth-order valence-corrected chi connectivity index (χ4v) is 10.6. The lowest BCUT2D eigenvalue weighted by molar-refractivity contribution is -0.137. The minimum Gasteiger partial charge on any atom is -0.490 e. The van der Waals surface area contributed by atoms with Crippen LogP contribution in [0.3, 0.4) is 0 Å². The van der Waals surface area contributed by atoms with Crippen LogP contribution in [0.25, 0.3) is 44.7 Å². The topological polar surface area (TPSA) is 189 Å². The van der Waals surface area contributed by atoms with E-state index in [2.05, 4.69) is 44.2 Å². The van der Waals surface area contributed by atoms with Crippen molar-refractivity contribution in [2.75, 3.05) is 20.2 Å². The van der Waals surface area contributed by atoms with Crippen LogP contribution in [0.2, 0.25) is 0 Å². The first-order valence-electron chi connectivity index (χ1n) is 24.0. The molecule has 2 fully saturated rings. The van der Waals surface area contributed by atoms with E-state index >= 15 is 4.39 Å². The Morgan fingerprint density at radius 1 is 0.812 bits per heavy atom. The van der Waals surface area contributed by atoms with E-state index in [1.807, 2.05) is 64.1 Å². The Morgan fingerprint density at radius 3 is 2.13 bits per heavy atom. The third-order valence-corrected chi connectivity index (χ3v) is 14.2. The average Bonchev–Trinajstić information content (AvgIpc) is 4.20. The second-order valence-corrected chi connectivity index (χ2v) is 19.4. The molecule has 7 heterocycles. The normalized spacial score (nSPS) is 20.5. The van der Waals surface area contributed by atoms with Gasteiger partial charge in [-0.05, 0) is 111 Å². The summed E-state index contributed by atoms with van der Waals surface area (Å²) in [5.74, 6) is 1.40. The molecule has 6 aromatic rings. The second-order valence-electron chi connectivity index (χ2n) is 19.4. The minimum absolute atomic E-state index is 0.0985. The first kappa shape index (κ1) is 45.6. The maximum Gasteiger partial charge on any atom is 0.407 e. The first-order chi connectivity index (χ1) is 33.3. The zero-order chi connectivity index (χ0) is 48.2. The fourth-order valence-electron chi connectivity index (χ4n) is 10.6. The van der Waals surface area contributed by atoms with Gasteiger partial charge in [-0.3, -0.25) is 14.4 Å². The van der Waals surface area contributed by atoms with Gasteiger partial charge in [0.05, 0.1) is 65.9 Å². The number of fused-ring (bicyclic) bond motifs is 6. The molecule has 17 heteroatoms. The number of hydrogen-bond donors (Lipinski definition) is 4. The predicted octanol–water partition coefficient (Wildman–Crippen LogP) is 8.36. The lowest BCUT2D eigenvalue weighted by atomic mass is 9.98. The molecule has 4 aliphatic rings. The highest BCUT2D eigenvalue weighted by Gasteiger charge is 2.39. The molecule has 6 atom stereocenters. The number of aryl methyl sites for hydroxylation is 1. The van der Waals surface area contributed by atoms with Crippen molar-refractivity contribution in [3.05, 3.63) is 95.6 Å². The maximum atomic E-state index is 17.0.